The quantitative estimate of drug-likeness (QED) is 0.829. The minimum absolute atomic E-state index is 0.257. The van der Waals surface area contributed by atoms with E-state index < -0.39 is 0 Å². The van der Waals surface area contributed by atoms with Gasteiger partial charge >= 0.3 is 0 Å². The van der Waals surface area contributed by atoms with Crippen molar-refractivity contribution in [1.29, 1.82) is 0 Å². The lowest BCUT2D eigenvalue weighted by molar-refractivity contribution is 0.223. The van der Waals surface area contributed by atoms with Crippen molar-refractivity contribution in [3.8, 4) is 0 Å². The Balaban J connectivity index is 2.50. The maximum atomic E-state index is 9.24. The average Bonchev–Trinajstić information content (AvgIpc) is 2.24. The molecule has 0 aliphatic rings. The number of aliphatic hydroxyl groups excluding tert-OH is 1. The first-order chi connectivity index (χ1) is 7.26. The van der Waals surface area contributed by atoms with Crippen molar-refractivity contribution in [3.63, 3.8) is 0 Å². The van der Waals surface area contributed by atoms with Crippen LogP contribution in [0.4, 0.5) is 0 Å². The van der Waals surface area contributed by atoms with Crippen LogP contribution in [0.25, 0.3) is 0 Å². The lowest BCUT2D eigenvalue weighted by atomic mass is 9.98. The van der Waals surface area contributed by atoms with E-state index in [4.69, 9.17) is 11.6 Å². The summed E-state index contributed by atoms with van der Waals surface area (Å²) in [6, 6.07) is 7.87. The van der Waals surface area contributed by atoms with Gasteiger partial charge in [0.05, 0.1) is 0 Å². The zero-order valence-electron chi connectivity index (χ0n) is 8.95. The second-order valence-electron chi connectivity index (χ2n) is 3.66. The van der Waals surface area contributed by atoms with Gasteiger partial charge in [0.25, 0.3) is 0 Å². The molecule has 1 atom stereocenters. The molecule has 0 bridgehead atoms. The van der Waals surface area contributed by atoms with Gasteiger partial charge < -0.3 is 5.11 Å². The average molecular weight is 245 g/mol. The van der Waals surface area contributed by atoms with E-state index in [-0.39, 0.29) is 6.61 Å². The second-order valence-corrected chi connectivity index (χ2v) is 5.09. The molecule has 0 saturated carbocycles. The summed E-state index contributed by atoms with van der Waals surface area (Å²) in [4.78, 5) is 0. The van der Waals surface area contributed by atoms with E-state index in [0.717, 1.165) is 23.6 Å². The first kappa shape index (κ1) is 12.9. The van der Waals surface area contributed by atoms with Crippen molar-refractivity contribution in [2.45, 2.75) is 12.8 Å². The Kier molecular flexibility index (Phi) is 6.15. The van der Waals surface area contributed by atoms with E-state index in [2.05, 4.69) is 12.3 Å². The molecule has 0 heterocycles. The van der Waals surface area contributed by atoms with Crippen LogP contribution in [0.15, 0.2) is 24.3 Å². The maximum absolute atomic E-state index is 9.24. The van der Waals surface area contributed by atoms with Crippen LogP contribution < -0.4 is 0 Å². The molecule has 3 heteroatoms. The van der Waals surface area contributed by atoms with Gasteiger partial charge in [-0.2, -0.15) is 11.8 Å². The maximum Gasteiger partial charge on any atom is 0.0462 e. The van der Waals surface area contributed by atoms with Gasteiger partial charge in [0.1, 0.15) is 0 Å². The van der Waals surface area contributed by atoms with Crippen molar-refractivity contribution in [2.75, 3.05) is 18.6 Å². The van der Waals surface area contributed by atoms with Gasteiger partial charge in [-0.3, -0.25) is 0 Å². The van der Waals surface area contributed by atoms with Gasteiger partial charge in [-0.25, -0.2) is 0 Å². The van der Waals surface area contributed by atoms with Gasteiger partial charge in [-0.05, 0) is 48.5 Å². The monoisotopic (exact) mass is 244 g/mol. The van der Waals surface area contributed by atoms with Gasteiger partial charge in [0.15, 0.2) is 0 Å². The standard InChI is InChI=1S/C12H17ClOS/c1-15-6-5-11(9-14)7-10-3-2-4-12(13)8-10/h2-4,8,11,14H,5-7,9H2,1H3. The summed E-state index contributed by atoms with van der Waals surface area (Å²) < 4.78 is 0. The fraction of sp³-hybridized carbons (Fsp3) is 0.500. The SMILES string of the molecule is CSCCC(CO)Cc1cccc(Cl)c1. The minimum Gasteiger partial charge on any atom is -0.396 e. The van der Waals surface area contributed by atoms with Crippen molar-refractivity contribution in [3.05, 3.63) is 34.9 Å². The van der Waals surface area contributed by atoms with Gasteiger partial charge in [0, 0.05) is 11.6 Å². The molecular formula is C12H17ClOS. The van der Waals surface area contributed by atoms with E-state index in [0.29, 0.717) is 5.92 Å². The zero-order valence-corrected chi connectivity index (χ0v) is 10.5. The fourth-order valence-corrected chi connectivity index (χ4v) is 2.32. The Morgan fingerprint density at radius 2 is 2.27 bits per heavy atom. The fourth-order valence-electron chi connectivity index (χ4n) is 1.54. The van der Waals surface area contributed by atoms with Crippen LogP contribution in [0.1, 0.15) is 12.0 Å². The summed E-state index contributed by atoms with van der Waals surface area (Å²) in [6.07, 6.45) is 4.07. The summed E-state index contributed by atoms with van der Waals surface area (Å²) in [6.45, 7) is 0.257. The molecule has 1 rings (SSSR count). The highest BCUT2D eigenvalue weighted by molar-refractivity contribution is 7.98. The summed E-state index contributed by atoms with van der Waals surface area (Å²) in [5.74, 6) is 1.46. The predicted molar refractivity (Wildman–Crippen MR) is 68.7 cm³/mol. The third-order valence-electron chi connectivity index (χ3n) is 2.40. The molecule has 0 fully saturated rings. The molecule has 1 unspecified atom stereocenters. The molecule has 0 amide bonds. The molecule has 1 aromatic rings. The van der Waals surface area contributed by atoms with Crippen molar-refractivity contribution < 1.29 is 5.11 Å². The minimum atomic E-state index is 0.257. The van der Waals surface area contributed by atoms with E-state index in [1.165, 1.54) is 5.56 Å². The number of hydrogen-bond acceptors (Lipinski definition) is 2. The van der Waals surface area contributed by atoms with Crippen molar-refractivity contribution in [2.24, 2.45) is 5.92 Å². The lowest BCUT2D eigenvalue weighted by Gasteiger charge is -2.13. The Morgan fingerprint density at radius 1 is 1.47 bits per heavy atom. The third-order valence-corrected chi connectivity index (χ3v) is 3.28. The van der Waals surface area contributed by atoms with Crippen LogP contribution in [-0.4, -0.2) is 23.7 Å². The lowest BCUT2D eigenvalue weighted by Crippen LogP contribution is -2.10. The number of benzene rings is 1. The van der Waals surface area contributed by atoms with Crippen LogP contribution in [0.2, 0.25) is 5.02 Å². The topological polar surface area (TPSA) is 20.2 Å². The molecule has 0 saturated heterocycles. The van der Waals surface area contributed by atoms with E-state index in [1.54, 1.807) is 0 Å². The molecule has 1 N–H and O–H groups in total. The van der Waals surface area contributed by atoms with E-state index >= 15 is 0 Å². The number of rotatable bonds is 6. The highest BCUT2D eigenvalue weighted by Crippen LogP contribution is 2.17. The van der Waals surface area contributed by atoms with Crippen LogP contribution in [0.5, 0.6) is 0 Å². The molecule has 1 aromatic carbocycles. The van der Waals surface area contributed by atoms with Crippen molar-refractivity contribution >= 4 is 23.4 Å². The third kappa shape index (κ3) is 4.92. The molecule has 84 valence electrons. The Hall–Kier alpha value is -0.180. The molecule has 0 spiro atoms. The molecule has 0 aliphatic carbocycles. The van der Waals surface area contributed by atoms with Crippen LogP contribution >= 0.6 is 23.4 Å². The summed E-state index contributed by atoms with van der Waals surface area (Å²) in [5.41, 5.74) is 1.21. The number of thioether (sulfide) groups is 1. The summed E-state index contributed by atoms with van der Waals surface area (Å²) >= 11 is 7.73. The van der Waals surface area contributed by atoms with E-state index in [9.17, 15) is 5.11 Å². The first-order valence-electron chi connectivity index (χ1n) is 5.10. The zero-order chi connectivity index (χ0) is 11.1. The van der Waals surface area contributed by atoms with Gasteiger partial charge in [0.2, 0.25) is 0 Å². The largest absolute Gasteiger partial charge is 0.396 e. The van der Waals surface area contributed by atoms with Crippen LogP contribution in [0.3, 0.4) is 0 Å². The number of hydrogen-bond donors (Lipinski definition) is 1. The molecule has 0 aliphatic heterocycles. The highest BCUT2D eigenvalue weighted by Gasteiger charge is 2.08. The Morgan fingerprint density at radius 3 is 2.87 bits per heavy atom. The Labute approximate surface area is 101 Å². The van der Waals surface area contributed by atoms with Crippen molar-refractivity contribution in [1.82, 2.24) is 0 Å². The van der Waals surface area contributed by atoms with Gasteiger partial charge in [-0.15, -0.1) is 0 Å². The molecule has 1 nitrogen and oxygen atoms in total. The summed E-state index contributed by atoms with van der Waals surface area (Å²) in [5, 5.41) is 10.0. The van der Waals surface area contributed by atoms with Crippen LogP contribution in [0, 0.1) is 5.92 Å². The smallest absolute Gasteiger partial charge is 0.0462 e. The summed E-state index contributed by atoms with van der Waals surface area (Å²) in [7, 11) is 0. The molecular weight excluding hydrogens is 228 g/mol. The Bertz CT molecular complexity index is 291. The normalized spacial score (nSPS) is 12.7. The highest BCUT2D eigenvalue weighted by atomic mass is 35.5. The van der Waals surface area contributed by atoms with Gasteiger partial charge in [-0.1, -0.05) is 23.7 Å². The second kappa shape index (κ2) is 7.15. The number of aliphatic hydroxyl groups is 1. The molecule has 0 radical (unpaired) electrons. The van der Waals surface area contributed by atoms with Crippen LogP contribution in [-0.2, 0) is 6.42 Å². The number of halogens is 1. The predicted octanol–water partition coefficient (Wildman–Crippen LogP) is 3.24. The molecule has 15 heavy (non-hydrogen) atoms. The molecule has 0 aromatic heterocycles. The van der Waals surface area contributed by atoms with E-state index in [1.807, 2.05) is 30.0 Å². The first-order valence-corrected chi connectivity index (χ1v) is 6.87.